The molecule has 18 heavy (non-hydrogen) atoms. The molecule has 0 saturated heterocycles. The highest BCUT2D eigenvalue weighted by molar-refractivity contribution is 6.31. The monoisotopic (exact) mass is 269 g/mol. The minimum Gasteiger partial charge on any atom is -0.330 e. The van der Waals surface area contributed by atoms with Crippen LogP contribution in [0.1, 0.15) is 45.1 Å². The van der Waals surface area contributed by atoms with Crippen molar-refractivity contribution in [1.82, 2.24) is 0 Å². The van der Waals surface area contributed by atoms with Crippen LogP contribution >= 0.6 is 11.6 Å². The van der Waals surface area contributed by atoms with E-state index < -0.39 is 0 Å². The first-order valence-corrected chi connectivity index (χ1v) is 7.04. The van der Waals surface area contributed by atoms with Crippen molar-refractivity contribution in [2.45, 2.75) is 44.9 Å². The maximum atomic E-state index is 13.1. The highest BCUT2D eigenvalue weighted by atomic mass is 35.5. The molecule has 1 aromatic carbocycles. The Balaban J connectivity index is 2.31. The normalized spacial score (nSPS) is 20.5. The third-order valence-electron chi connectivity index (χ3n) is 4.82. The van der Waals surface area contributed by atoms with Crippen molar-refractivity contribution in [3.05, 3.63) is 34.6 Å². The molecule has 3 heteroatoms. The second-order valence-electron chi connectivity index (χ2n) is 5.67. The molecule has 100 valence electrons. The van der Waals surface area contributed by atoms with Crippen LogP contribution < -0.4 is 5.73 Å². The van der Waals surface area contributed by atoms with Crippen LogP contribution in [0.25, 0.3) is 0 Å². The number of nitrogens with two attached hydrogens (primary N) is 1. The molecule has 0 amide bonds. The van der Waals surface area contributed by atoms with Crippen molar-refractivity contribution in [2.24, 2.45) is 11.1 Å². The van der Waals surface area contributed by atoms with Gasteiger partial charge < -0.3 is 5.73 Å². The fraction of sp³-hybridized carbons (Fsp3) is 0.600. The molecule has 1 aliphatic carbocycles. The smallest absolute Gasteiger partial charge is 0.124 e. The molecule has 2 N–H and O–H groups in total. The molecule has 1 aromatic rings. The summed E-state index contributed by atoms with van der Waals surface area (Å²) in [5.41, 5.74) is 7.36. The molecule has 0 radical (unpaired) electrons. The Kier molecular flexibility index (Phi) is 3.70. The molecule has 1 saturated carbocycles. The first kappa shape index (κ1) is 13.8. The molecule has 0 spiro atoms. The number of hydrogen-bond acceptors (Lipinski definition) is 1. The van der Waals surface area contributed by atoms with E-state index in [9.17, 15) is 4.39 Å². The van der Waals surface area contributed by atoms with Crippen molar-refractivity contribution >= 4 is 11.6 Å². The Bertz CT molecular complexity index is 432. The molecule has 1 aliphatic rings. The summed E-state index contributed by atoms with van der Waals surface area (Å²) in [7, 11) is 0. The summed E-state index contributed by atoms with van der Waals surface area (Å²) >= 11 is 6.19. The Morgan fingerprint density at radius 3 is 2.33 bits per heavy atom. The van der Waals surface area contributed by atoms with E-state index in [1.54, 1.807) is 6.07 Å². The summed E-state index contributed by atoms with van der Waals surface area (Å²) in [5.74, 6) is -0.285. The van der Waals surface area contributed by atoms with Crippen LogP contribution in [0.5, 0.6) is 0 Å². The average Bonchev–Trinajstić information content (AvgIpc) is 2.31. The zero-order valence-corrected chi connectivity index (χ0v) is 11.9. The van der Waals surface area contributed by atoms with Gasteiger partial charge in [-0.15, -0.1) is 0 Å². The van der Waals surface area contributed by atoms with Gasteiger partial charge in [0.1, 0.15) is 5.82 Å². The van der Waals surface area contributed by atoms with Crippen molar-refractivity contribution in [3.8, 4) is 0 Å². The first-order chi connectivity index (χ1) is 8.51. The van der Waals surface area contributed by atoms with E-state index in [-0.39, 0.29) is 11.2 Å². The lowest BCUT2D eigenvalue weighted by Gasteiger charge is -2.56. The molecule has 0 atom stereocenters. The second kappa shape index (κ2) is 4.82. The molecular formula is C15H21ClFN. The summed E-state index contributed by atoms with van der Waals surface area (Å²) in [6.45, 7) is 5.05. The van der Waals surface area contributed by atoms with Crippen LogP contribution in [0.4, 0.5) is 4.39 Å². The lowest BCUT2D eigenvalue weighted by Crippen LogP contribution is -2.53. The van der Waals surface area contributed by atoms with Gasteiger partial charge in [0.15, 0.2) is 0 Å². The van der Waals surface area contributed by atoms with Gasteiger partial charge in [-0.3, -0.25) is 0 Å². The Morgan fingerprint density at radius 2 is 1.89 bits per heavy atom. The van der Waals surface area contributed by atoms with Gasteiger partial charge in [-0.25, -0.2) is 4.39 Å². The van der Waals surface area contributed by atoms with E-state index in [0.29, 0.717) is 17.0 Å². The molecule has 2 rings (SSSR count). The third kappa shape index (κ3) is 2.06. The first-order valence-electron chi connectivity index (χ1n) is 6.66. The number of rotatable bonds is 4. The zero-order valence-electron chi connectivity index (χ0n) is 11.1. The third-order valence-corrected chi connectivity index (χ3v) is 5.13. The minimum atomic E-state index is -0.285. The van der Waals surface area contributed by atoms with Gasteiger partial charge in [-0.2, -0.15) is 0 Å². The maximum Gasteiger partial charge on any atom is 0.124 e. The molecule has 0 heterocycles. The number of hydrogen-bond donors (Lipinski definition) is 1. The van der Waals surface area contributed by atoms with E-state index >= 15 is 0 Å². The predicted octanol–water partition coefficient (Wildman–Crippen LogP) is 4.28. The fourth-order valence-corrected chi connectivity index (χ4v) is 3.87. The average molecular weight is 270 g/mol. The van der Waals surface area contributed by atoms with E-state index in [4.69, 9.17) is 17.3 Å². The maximum absolute atomic E-state index is 13.1. The molecule has 1 fully saturated rings. The summed E-state index contributed by atoms with van der Waals surface area (Å²) < 4.78 is 13.1. The van der Waals surface area contributed by atoms with Crippen LogP contribution in [0, 0.1) is 11.2 Å². The molecule has 0 aromatic heterocycles. The van der Waals surface area contributed by atoms with Gasteiger partial charge in [0.25, 0.3) is 0 Å². The quantitative estimate of drug-likeness (QED) is 0.868. The highest BCUT2D eigenvalue weighted by Gasteiger charge is 2.53. The van der Waals surface area contributed by atoms with Gasteiger partial charge in [0, 0.05) is 17.0 Å². The van der Waals surface area contributed by atoms with Gasteiger partial charge >= 0.3 is 0 Å². The minimum absolute atomic E-state index is 0.0448. The topological polar surface area (TPSA) is 26.0 Å². The molecule has 0 aliphatic heterocycles. The van der Waals surface area contributed by atoms with Crippen molar-refractivity contribution in [2.75, 3.05) is 6.54 Å². The molecular weight excluding hydrogens is 249 g/mol. The van der Waals surface area contributed by atoms with Crippen LogP contribution in [0.2, 0.25) is 5.02 Å². The van der Waals surface area contributed by atoms with Crippen LogP contribution in [-0.2, 0) is 5.41 Å². The van der Waals surface area contributed by atoms with Crippen molar-refractivity contribution in [3.63, 3.8) is 0 Å². The molecule has 0 bridgehead atoms. The van der Waals surface area contributed by atoms with Gasteiger partial charge in [-0.1, -0.05) is 44.4 Å². The molecule has 0 unspecified atom stereocenters. The SMILES string of the molecule is CCC1(CC)CC(CN)(c2ccc(F)cc2Cl)C1. The van der Waals surface area contributed by atoms with Crippen LogP contribution in [0.15, 0.2) is 18.2 Å². The second-order valence-corrected chi connectivity index (χ2v) is 6.08. The van der Waals surface area contributed by atoms with Gasteiger partial charge in [-0.05, 0) is 36.0 Å². The number of benzene rings is 1. The van der Waals surface area contributed by atoms with E-state index in [0.717, 1.165) is 18.4 Å². The lowest BCUT2D eigenvalue weighted by atomic mass is 9.48. The van der Waals surface area contributed by atoms with E-state index in [1.165, 1.54) is 25.0 Å². The Morgan fingerprint density at radius 1 is 1.28 bits per heavy atom. The van der Waals surface area contributed by atoms with Crippen LogP contribution in [-0.4, -0.2) is 6.54 Å². The zero-order chi connectivity index (χ0) is 13.4. The summed E-state index contributed by atoms with van der Waals surface area (Å²) in [6, 6.07) is 4.68. The van der Waals surface area contributed by atoms with Crippen LogP contribution in [0.3, 0.4) is 0 Å². The highest BCUT2D eigenvalue weighted by Crippen LogP contribution is 2.59. The summed E-state index contributed by atoms with van der Waals surface area (Å²) in [4.78, 5) is 0. The summed E-state index contributed by atoms with van der Waals surface area (Å²) in [6.07, 6.45) is 4.47. The number of halogens is 2. The lowest BCUT2D eigenvalue weighted by molar-refractivity contribution is 0.0183. The van der Waals surface area contributed by atoms with Gasteiger partial charge in [0.05, 0.1) is 0 Å². The Labute approximate surface area is 114 Å². The van der Waals surface area contributed by atoms with Crippen molar-refractivity contribution < 1.29 is 4.39 Å². The van der Waals surface area contributed by atoms with E-state index in [2.05, 4.69) is 13.8 Å². The largest absolute Gasteiger partial charge is 0.330 e. The standard InChI is InChI=1S/C15H21ClFN/c1-3-14(4-2)8-15(9-14,10-18)12-6-5-11(17)7-13(12)16/h5-7H,3-4,8-10,18H2,1-2H3. The fourth-order valence-electron chi connectivity index (χ4n) is 3.50. The Hall–Kier alpha value is -0.600. The van der Waals surface area contributed by atoms with Gasteiger partial charge in [0.2, 0.25) is 0 Å². The van der Waals surface area contributed by atoms with E-state index in [1.807, 2.05) is 0 Å². The molecule has 1 nitrogen and oxygen atoms in total. The van der Waals surface area contributed by atoms with Crippen molar-refractivity contribution in [1.29, 1.82) is 0 Å². The summed E-state index contributed by atoms with van der Waals surface area (Å²) in [5, 5.41) is 0.515. The predicted molar refractivity (Wildman–Crippen MR) is 74.4 cm³/mol.